The van der Waals surface area contributed by atoms with Gasteiger partial charge in [0.2, 0.25) is 0 Å². The molecular weight excluding hydrogens is 382 g/mol. The number of piperidine rings is 1. The minimum atomic E-state index is 0.460. The van der Waals surface area contributed by atoms with E-state index in [0.717, 1.165) is 29.6 Å². The monoisotopic (exact) mass is 411 g/mol. The number of ether oxygens (including phenoxy) is 1. The molecule has 4 nitrogen and oxygen atoms in total. The van der Waals surface area contributed by atoms with Crippen LogP contribution in [0, 0.1) is 12.8 Å². The third-order valence-corrected chi connectivity index (χ3v) is 6.13. The number of halogens is 1. The molecule has 1 atom stereocenters. The van der Waals surface area contributed by atoms with Crippen molar-refractivity contribution < 1.29 is 4.74 Å². The van der Waals surface area contributed by atoms with Gasteiger partial charge in [0.25, 0.3) is 0 Å². The number of fused-ring (bicyclic) bond motifs is 1. The van der Waals surface area contributed by atoms with Crippen LogP contribution in [0.5, 0.6) is 5.75 Å². The first-order valence-corrected chi connectivity index (χ1v) is 11.0. The summed E-state index contributed by atoms with van der Waals surface area (Å²) < 4.78 is 8.36. The van der Waals surface area contributed by atoms with Gasteiger partial charge in [0.05, 0.1) is 11.0 Å². The molecule has 1 unspecified atom stereocenters. The van der Waals surface area contributed by atoms with Crippen molar-refractivity contribution in [2.75, 3.05) is 20.1 Å². The zero-order valence-electron chi connectivity index (χ0n) is 17.4. The van der Waals surface area contributed by atoms with E-state index >= 15 is 0 Å². The van der Waals surface area contributed by atoms with Gasteiger partial charge in [-0.1, -0.05) is 17.7 Å². The summed E-state index contributed by atoms with van der Waals surface area (Å²) in [5, 5.41) is 0.716. The maximum absolute atomic E-state index is 6.01. The summed E-state index contributed by atoms with van der Waals surface area (Å²) in [6.07, 6.45) is 5.13. The Morgan fingerprint density at radius 2 is 2.00 bits per heavy atom. The average molecular weight is 412 g/mol. The Kier molecular flexibility index (Phi) is 6.41. The highest BCUT2D eigenvalue weighted by atomic mass is 35.5. The second-order valence-corrected chi connectivity index (χ2v) is 8.76. The van der Waals surface area contributed by atoms with E-state index in [1.807, 2.05) is 24.3 Å². The fourth-order valence-electron chi connectivity index (χ4n) is 4.37. The summed E-state index contributed by atoms with van der Waals surface area (Å²) in [5.41, 5.74) is 3.51. The summed E-state index contributed by atoms with van der Waals surface area (Å²) in [7, 11) is 2.24. The van der Waals surface area contributed by atoms with E-state index in [9.17, 15) is 0 Å². The fourth-order valence-corrected chi connectivity index (χ4v) is 4.49. The highest BCUT2D eigenvalue weighted by Crippen LogP contribution is 2.24. The van der Waals surface area contributed by atoms with Gasteiger partial charge >= 0.3 is 0 Å². The van der Waals surface area contributed by atoms with Crippen molar-refractivity contribution in [2.45, 2.75) is 45.8 Å². The van der Waals surface area contributed by atoms with Crippen molar-refractivity contribution in [3.05, 3.63) is 58.9 Å². The molecule has 1 fully saturated rings. The second kappa shape index (κ2) is 9.19. The van der Waals surface area contributed by atoms with Crippen LogP contribution in [0.3, 0.4) is 0 Å². The highest BCUT2D eigenvalue weighted by Gasteiger charge is 2.17. The predicted octanol–water partition coefficient (Wildman–Crippen LogP) is 5.70. The molecule has 0 radical (unpaired) electrons. The van der Waals surface area contributed by atoms with E-state index in [1.165, 1.54) is 49.9 Å². The van der Waals surface area contributed by atoms with E-state index in [-0.39, 0.29) is 0 Å². The molecule has 3 aromatic rings. The fraction of sp³-hybridized carbons (Fsp3) is 0.458. The quantitative estimate of drug-likeness (QED) is 0.499. The van der Waals surface area contributed by atoms with Crippen molar-refractivity contribution in [3.8, 4) is 5.75 Å². The molecule has 2 heterocycles. The largest absolute Gasteiger partial charge is 0.486 e. The molecule has 2 aromatic carbocycles. The first-order chi connectivity index (χ1) is 14.1. The number of rotatable bonds is 7. The van der Waals surface area contributed by atoms with Gasteiger partial charge in [0.15, 0.2) is 0 Å². The number of imidazole rings is 1. The minimum Gasteiger partial charge on any atom is -0.486 e. The Morgan fingerprint density at radius 3 is 2.79 bits per heavy atom. The molecular formula is C24H30ClN3O. The summed E-state index contributed by atoms with van der Waals surface area (Å²) >= 11 is 5.98. The standard InChI is InChI=1S/C24H30ClN3O/c1-18-7-12-22-23(15-18)28(14-4-6-19-5-3-13-27(2)16-19)24(26-22)17-29-21-10-8-20(25)9-11-21/h7-12,15,19H,3-6,13-14,16-17H2,1-2H3. The Bertz CT molecular complexity index is 951. The average Bonchev–Trinajstić information content (AvgIpc) is 3.04. The molecule has 0 saturated carbocycles. The Balaban J connectivity index is 1.48. The Morgan fingerprint density at radius 1 is 1.17 bits per heavy atom. The second-order valence-electron chi connectivity index (χ2n) is 8.33. The molecule has 1 aromatic heterocycles. The van der Waals surface area contributed by atoms with Crippen LogP contribution < -0.4 is 4.74 Å². The molecule has 4 rings (SSSR count). The molecule has 5 heteroatoms. The van der Waals surface area contributed by atoms with Crippen molar-refractivity contribution >= 4 is 22.6 Å². The summed E-state index contributed by atoms with van der Waals surface area (Å²) in [5.74, 6) is 2.62. The van der Waals surface area contributed by atoms with Gasteiger partial charge in [0.1, 0.15) is 18.2 Å². The smallest absolute Gasteiger partial charge is 0.147 e. The lowest BCUT2D eigenvalue weighted by Crippen LogP contribution is -2.32. The van der Waals surface area contributed by atoms with Crippen molar-refractivity contribution in [1.29, 1.82) is 0 Å². The van der Waals surface area contributed by atoms with E-state index in [0.29, 0.717) is 11.6 Å². The lowest BCUT2D eigenvalue weighted by molar-refractivity contribution is 0.198. The number of hydrogen-bond acceptors (Lipinski definition) is 3. The molecule has 0 spiro atoms. The SMILES string of the molecule is Cc1ccc2nc(COc3ccc(Cl)cc3)n(CCCC3CCCN(C)C3)c2c1. The zero-order chi connectivity index (χ0) is 20.2. The number of likely N-dealkylation sites (tertiary alicyclic amines) is 1. The summed E-state index contributed by atoms with van der Waals surface area (Å²) in [4.78, 5) is 7.34. The highest BCUT2D eigenvalue weighted by molar-refractivity contribution is 6.30. The topological polar surface area (TPSA) is 30.3 Å². The van der Waals surface area contributed by atoms with Gasteiger partial charge in [-0.3, -0.25) is 0 Å². The summed E-state index contributed by atoms with van der Waals surface area (Å²) in [6.45, 7) is 6.06. The molecule has 0 bridgehead atoms. The molecule has 1 aliphatic rings. The number of hydrogen-bond donors (Lipinski definition) is 0. The van der Waals surface area contributed by atoms with E-state index in [2.05, 4.69) is 41.6 Å². The van der Waals surface area contributed by atoms with Gasteiger partial charge < -0.3 is 14.2 Å². The van der Waals surface area contributed by atoms with E-state index in [1.54, 1.807) is 0 Å². The van der Waals surface area contributed by atoms with Crippen LogP contribution in [-0.4, -0.2) is 34.6 Å². The number of aromatic nitrogens is 2. The van der Waals surface area contributed by atoms with Crippen LogP contribution in [0.25, 0.3) is 11.0 Å². The van der Waals surface area contributed by atoms with Crippen LogP contribution in [-0.2, 0) is 13.2 Å². The molecule has 154 valence electrons. The van der Waals surface area contributed by atoms with E-state index in [4.69, 9.17) is 21.3 Å². The number of aryl methyl sites for hydroxylation is 2. The molecule has 1 saturated heterocycles. The van der Waals surface area contributed by atoms with Crippen molar-refractivity contribution in [3.63, 3.8) is 0 Å². The third kappa shape index (κ3) is 5.12. The van der Waals surface area contributed by atoms with Crippen LogP contribution in [0.15, 0.2) is 42.5 Å². The lowest BCUT2D eigenvalue weighted by Gasteiger charge is -2.29. The number of benzene rings is 2. The van der Waals surface area contributed by atoms with Crippen molar-refractivity contribution in [1.82, 2.24) is 14.5 Å². The normalized spacial score (nSPS) is 17.7. The lowest BCUT2D eigenvalue weighted by atomic mass is 9.94. The van der Waals surface area contributed by atoms with E-state index < -0.39 is 0 Å². The maximum atomic E-state index is 6.01. The van der Waals surface area contributed by atoms with Gasteiger partial charge in [-0.05, 0) is 94.1 Å². The molecule has 1 aliphatic heterocycles. The van der Waals surface area contributed by atoms with Crippen LogP contribution >= 0.6 is 11.6 Å². The van der Waals surface area contributed by atoms with Crippen LogP contribution in [0.1, 0.15) is 37.1 Å². The van der Waals surface area contributed by atoms with Gasteiger partial charge in [-0.15, -0.1) is 0 Å². The Hall–Kier alpha value is -2.04. The van der Waals surface area contributed by atoms with Crippen LogP contribution in [0.4, 0.5) is 0 Å². The first kappa shape index (κ1) is 20.2. The van der Waals surface area contributed by atoms with Crippen molar-refractivity contribution in [2.24, 2.45) is 5.92 Å². The number of nitrogens with zero attached hydrogens (tertiary/aromatic N) is 3. The molecule has 29 heavy (non-hydrogen) atoms. The molecule has 0 amide bonds. The van der Waals surface area contributed by atoms with Gasteiger partial charge in [-0.25, -0.2) is 4.98 Å². The Labute approximate surface area is 178 Å². The first-order valence-electron chi connectivity index (χ1n) is 10.6. The maximum Gasteiger partial charge on any atom is 0.147 e. The van der Waals surface area contributed by atoms with Crippen LogP contribution in [0.2, 0.25) is 5.02 Å². The third-order valence-electron chi connectivity index (χ3n) is 5.88. The predicted molar refractivity (Wildman–Crippen MR) is 120 cm³/mol. The summed E-state index contributed by atoms with van der Waals surface area (Å²) in [6, 6.07) is 14.0. The van der Waals surface area contributed by atoms with Gasteiger partial charge in [-0.2, -0.15) is 0 Å². The molecule has 0 aliphatic carbocycles. The van der Waals surface area contributed by atoms with Gasteiger partial charge in [0, 0.05) is 18.1 Å². The zero-order valence-corrected chi connectivity index (χ0v) is 18.2. The molecule has 0 N–H and O–H groups in total. The minimum absolute atomic E-state index is 0.460.